The Morgan fingerprint density at radius 2 is 1.74 bits per heavy atom. The molecular formula is C20H28N6O. The molecule has 1 fully saturated rings. The van der Waals surface area contributed by atoms with Crippen molar-refractivity contribution in [2.75, 3.05) is 55.3 Å². The molecular weight excluding hydrogens is 340 g/mol. The standard InChI is InChI=1S/C20H28N6O/c1-3-4-9-21-20-22-14-16(15-23-20)19(27)24-17-5-7-18(8-6-17)26-12-10-25(2)11-13-26/h5-8,14-15H,3-4,9-13H2,1-2H3,(H,24,27)(H,21,22,23). The van der Waals surface area contributed by atoms with Crippen molar-refractivity contribution in [1.82, 2.24) is 14.9 Å². The lowest BCUT2D eigenvalue weighted by Gasteiger charge is -2.34. The maximum absolute atomic E-state index is 12.4. The molecule has 3 rings (SSSR count). The molecule has 7 nitrogen and oxygen atoms in total. The van der Waals surface area contributed by atoms with Crippen LogP contribution in [0, 0.1) is 0 Å². The van der Waals surface area contributed by atoms with Crippen molar-refractivity contribution in [3.63, 3.8) is 0 Å². The van der Waals surface area contributed by atoms with Crippen molar-refractivity contribution in [1.29, 1.82) is 0 Å². The number of hydrogen-bond donors (Lipinski definition) is 2. The lowest BCUT2D eigenvalue weighted by atomic mass is 10.2. The summed E-state index contributed by atoms with van der Waals surface area (Å²) in [4.78, 5) is 25.5. The predicted octanol–water partition coefficient (Wildman–Crippen LogP) is 2.69. The van der Waals surface area contributed by atoms with Crippen LogP contribution in [0.4, 0.5) is 17.3 Å². The zero-order valence-corrected chi connectivity index (χ0v) is 16.1. The number of aromatic nitrogens is 2. The minimum atomic E-state index is -0.206. The Kier molecular flexibility index (Phi) is 6.59. The molecule has 0 bridgehead atoms. The SMILES string of the molecule is CCCCNc1ncc(C(=O)Nc2ccc(N3CCN(C)CC3)cc2)cn1. The second-order valence-corrected chi connectivity index (χ2v) is 6.87. The number of amides is 1. The second-order valence-electron chi connectivity index (χ2n) is 6.87. The summed E-state index contributed by atoms with van der Waals surface area (Å²) in [7, 11) is 2.15. The monoisotopic (exact) mass is 368 g/mol. The van der Waals surface area contributed by atoms with Gasteiger partial charge in [-0.15, -0.1) is 0 Å². The highest BCUT2D eigenvalue weighted by Gasteiger charge is 2.14. The Morgan fingerprint density at radius 1 is 1.07 bits per heavy atom. The molecule has 7 heteroatoms. The summed E-state index contributed by atoms with van der Waals surface area (Å²) in [6, 6.07) is 7.98. The van der Waals surface area contributed by atoms with E-state index in [1.807, 2.05) is 12.1 Å². The number of anilines is 3. The quantitative estimate of drug-likeness (QED) is 0.732. The third kappa shape index (κ3) is 5.40. The van der Waals surface area contributed by atoms with E-state index in [0.717, 1.165) is 51.3 Å². The van der Waals surface area contributed by atoms with E-state index in [4.69, 9.17) is 0 Å². The lowest BCUT2D eigenvalue weighted by Crippen LogP contribution is -2.44. The molecule has 2 aromatic rings. The van der Waals surface area contributed by atoms with Gasteiger partial charge >= 0.3 is 0 Å². The topological polar surface area (TPSA) is 73.4 Å². The van der Waals surface area contributed by atoms with Crippen LogP contribution in [-0.4, -0.2) is 60.5 Å². The van der Waals surface area contributed by atoms with Gasteiger partial charge in [0.2, 0.25) is 5.95 Å². The number of carbonyl (C=O) groups is 1. The molecule has 0 spiro atoms. The average Bonchev–Trinajstić information content (AvgIpc) is 2.70. The van der Waals surface area contributed by atoms with Gasteiger partial charge in [-0.05, 0) is 37.7 Å². The molecule has 1 amide bonds. The Bertz CT molecular complexity index is 723. The van der Waals surface area contributed by atoms with Gasteiger partial charge in [0.25, 0.3) is 5.91 Å². The predicted molar refractivity (Wildman–Crippen MR) is 110 cm³/mol. The van der Waals surface area contributed by atoms with Crippen molar-refractivity contribution in [2.24, 2.45) is 0 Å². The van der Waals surface area contributed by atoms with Crippen molar-refractivity contribution in [2.45, 2.75) is 19.8 Å². The van der Waals surface area contributed by atoms with E-state index in [9.17, 15) is 4.79 Å². The van der Waals surface area contributed by atoms with Crippen molar-refractivity contribution in [3.05, 3.63) is 42.2 Å². The minimum Gasteiger partial charge on any atom is -0.369 e. The Balaban J connectivity index is 1.54. The van der Waals surface area contributed by atoms with Gasteiger partial charge < -0.3 is 20.4 Å². The number of hydrogen-bond acceptors (Lipinski definition) is 6. The van der Waals surface area contributed by atoms with E-state index >= 15 is 0 Å². The first-order valence-corrected chi connectivity index (χ1v) is 9.56. The highest BCUT2D eigenvalue weighted by atomic mass is 16.1. The summed E-state index contributed by atoms with van der Waals surface area (Å²) in [5.74, 6) is 0.346. The highest BCUT2D eigenvalue weighted by Crippen LogP contribution is 2.19. The molecule has 1 saturated heterocycles. The van der Waals surface area contributed by atoms with Crippen LogP contribution < -0.4 is 15.5 Å². The molecule has 0 radical (unpaired) electrons. The fraction of sp³-hybridized carbons (Fsp3) is 0.450. The molecule has 27 heavy (non-hydrogen) atoms. The maximum Gasteiger partial charge on any atom is 0.258 e. The molecule has 2 heterocycles. The molecule has 1 aliphatic heterocycles. The van der Waals surface area contributed by atoms with Gasteiger partial charge in [-0.2, -0.15) is 0 Å². The van der Waals surface area contributed by atoms with Crippen LogP contribution >= 0.6 is 0 Å². The van der Waals surface area contributed by atoms with E-state index < -0.39 is 0 Å². The number of carbonyl (C=O) groups excluding carboxylic acids is 1. The molecule has 0 atom stereocenters. The van der Waals surface area contributed by atoms with Gasteiger partial charge in [0.15, 0.2) is 0 Å². The first-order chi connectivity index (χ1) is 13.2. The van der Waals surface area contributed by atoms with Gasteiger partial charge in [0, 0.05) is 56.5 Å². The van der Waals surface area contributed by atoms with Crippen LogP contribution in [0.3, 0.4) is 0 Å². The van der Waals surface area contributed by atoms with Gasteiger partial charge in [-0.3, -0.25) is 4.79 Å². The van der Waals surface area contributed by atoms with Crippen LogP contribution in [0.25, 0.3) is 0 Å². The van der Waals surface area contributed by atoms with E-state index in [0.29, 0.717) is 11.5 Å². The van der Waals surface area contributed by atoms with Crippen LogP contribution in [-0.2, 0) is 0 Å². The largest absolute Gasteiger partial charge is 0.369 e. The minimum absolute atomic E-state index is 0.206. The third-order valence-corrected chi connectivity index (χ3v) is 4.72. The fourth-order valence-corrected chi connectivity index (χ4v) is 2.94. The molecule has 0 unspecified atom stereocenters. The van der Waals surface area contributed by atoms with Gasteiger partial charge in [-0.25, -0.2) is 9.97 Å². The Hall–Kier alpha value is -2.67. The first kappa shape index (κ1) is 19.1. The average molecular weight is 368 g/mol. The molecule has 144 valence electrons. The van der Waals surface area contributed by atoms with E-state index in [-0.39, 0.29) is 5.91 Å². The number of piperazine rings is 1. The van der Waals surface area contributed by atoms with Gasteiger partial charge in [0.05, 0.1) is 5.56 Å². The van der Waals surface area contributed by atoms with Crippen LogP contribution in [0.15, 0.2) is 36.7 Å². The zero-order valence-electron chi connectivity index (χ0n) is 16.1. The molecule has 0 aliphatic carbocycles. The van der Waals surface area contributed by atoms with E-state index in [1.54, 1.807) is 12.4 Å². The first-order valence-electron chi connectivity index (χ1n) is 9.56. The van der Waals surface area contributed by atoms with E-state index in [1.165, 1.54) is 5.69 Å². The molecule has 1 aromatic carbocycles. The van der Waals surface area contributed by atoms with Gasteiger partial charge in [0.1, 0.15) is 0 Å². The van der Waals surface area contributed by atoms with Crippen LogP contribution in [0.1, 0.15) is 30.1 Å². The number of rotatable bonds is 7. The number of unbranched alkanes of at least 4 members (excludes halogenated alkanes) is 1. The molecule has 1 aliphatic rings. The Labute approximate surface area is 160 Å². The summed E-state index contributed by atoms with van der Waals surface area (Å²) < 4.78 is 0. The molecule has 2 N–H and O–H groups in total. The summed E-state index contributed by atoms with van der Waals surface area (Å²) in [6.07, 6.45) is 5.28. The second kappa shape index (κ2) is 9.32. The highest BCUT2D eigenvalue weighted by molar-refractivity contribution is 6.03. The van der Waals surface area contributed by atoms with Crippen LogP contribution in [0.2, 0.25) is 0 Å². The summed E-state index contributed by atoms with van der Waals surface area (Å²) in [5.41, 5.74) is 2.40. The number of likely N-dealkylation sites (N-methyl/N-ethyl adjacent to an activating group) is 1. The third-order valence-electron chi connectivity index (χ3n) is 4.72. The fourth-order valence-electron chi connectivity index (χ4n) is 2.94. The Morgan fingerprint density at radius 3 is 2.37 bits per heavy atom. The maximum atomic E-state index is 12.4. The lowest BCUT2D eigenvalue weighted by molar-refractivity contribution is 0.102. The van der Waals surface area contributed by atoms with Gasteiger partial charge in [-0.1, -0.05) is 13.3 Å². The number of nitrogens with zero attached hydrogens (tertiary/aromatic N) is 4. The zero-order chi connectivity index (χ0) is 19.1. The van der Waals surface area contributed by atoms with Crippen molar-refractivity contribution in [3.8, 4) is 0 Å². The molecule has 1 aromatic heterocycles. The molecule has 0 saturated carbocycles. The summed E-state index contributed by atoms with van der Waals surface area (Å²) in [6.45, 7) is 7.16. The van der Waals surface area contributed by atoms with Crippen molar-refractivity contribution >= 4 is 23.2 Å². The summed E-state index contributed by atoms with van der Waals surface area (Å²) in [5, 5.41) is 6.04. The summed E-state index contributed by atoms with van der Waals surface area (Å²) >= 11 is 0. The van der Waals surface area contributed by atoms with E-state index in [2.05, 4.69) is 56.5 Å². The normalized spacial score (nSPS) is 14.8. The smallest absolute Gasteiger partial charge is 0.258 e. The number of nitrogens with one attached hydrogen (secondary N) is 2. The van der Waals surface area contributed by atoms with Crippen molar-refractivity contribution < 1.29 is 4.79 Å². The number of benzene rings is 1. The van der Waals surface area contributed by atoms with Crippen LogP contribution in [0.5, 0.6) is 0 Å².